The molecule has 0 unspecified atom stereocenters. The number of aromatic nitrogens is 1. The molecular formula is C28H28F3N3O4. The van der Waals surface area contributed by atoms with Crippen LogP contribution in [0.25, 0.3) is 0 Å². The smallest absolute Gasteiger partial charge is 0.257 e. The molecule has 3 aromatic rings. The summed E-state index contributed by atoms with van der Waals surface area (Å²) in [6.45, 7) is 4.00. The Hall–Kier alpha value is -4.08. The van der Waals surface area contributed by atoms with Gasteiger partial charge in [0.15, 0.2) is 11.6 Å². The fourth-order valence-electron chi connectivity index (χ4n) is 4.33. The van der Waals surface area contributed by atoms with Crippen molar-refractivity contribution in [2.45, 2.75) is 57.5 Å². The number of nitrogens with one attached hydrogen (secondary N) is 2. The van der Waals surface area contributed by atoms with Gasteiger partial charge < -0.3 is 20.5 Å². The van der Waals surface area contributed by atoms with E-state index in [0.717, 1.165) is 30.0 Å². The molecule has 0 bridgehead atoms. The van der Waals surface area contributed by atoms with Crippen molar-refractivity contribution in [1.29, 1.82) is 0 Å². The Morgan fingerprint density at radius 3 is 2.13 bits per heavy atom. The van der Waals surface area contributed by atoms with Crippen molar-refractivity contribution in [3.05, 3.63) is 82.8 Å². The first-order valence-corrected chi connectivity index (χ1v) is 12.3. The molecule has 1 aliphatic rings. The maximum atomic E-state index is 13.9. The van der Waals surface area contributed by atoms with Crippen LogP contribution in [0, 0.1) is 17.5 Å². The second-order valence-corrected chi connectivity index (χ2v) is 9.61. The molecule has 0 spiro atoms. The van der Waals surface area contributed by atoms with Gasteiger partial charge >= 0.3 is 0 Å². The van der Waals surface area contributed by atoms with Crippen LogP contribution in [0.4, 0.5) is 13.2 Å². The number of amides is 2. The average molecular weight is 528 g/mol. The van der Waals surface area contributed by atoms with Crippen molar-refractivity contribution in [2.75, 3.05) is 0 Å². The summed E-state index contributed by atoms with van der Waals surface area (Å²) >= 11 is 0. The van der Waals surface area contributed by atoms with Gasteiger partial charge in [0, 0.05) is 18.2 Å². The van der Waals surface area contributed by atoms with Crippen LogP contribution >= 0.6 is 0 Å². The van der Waals surface area contributed by atoms with Gasteiger partial charge in [-0.25, -0.2) is 18.2 Å². The Labute approximate surface area is 218 Å². The predicted molar refractivity (Wildman–Crippen MR) is 134 cm³/mol. The lowest BCUT2D eigenvalue weighted by Gasteiger charge is -2.30. The van der Waals surface area contributed by atoms with E-state index in [2.05, 4.69) is 15.6 Å². The maximum absolute atomic E-state index is 13.9. The van der Waals surface area contributed by atoms with E-state index in [1.54, 1.807) is 12.1 Å². The molecule has 2 aromatic carbocycles. The zero-order chi connectivity index (χ0) is 27.4. The first-order valence-electron chi connectivity index (χ1n) is 12.3. The summed E-state index contributed by atoms with van der Waals surface area (Å²) in [5, 5.41) is 15.9. The Kier molecular flexibility index (Phi) is 8.19. The first-order chi connectivity index (χ1) is 18.1. The van der Waals surface area contributed by atoms with Crippen molar-refractivity contribution in [2.24, 2.45) is 0 Å². The zero-order valence-electron chi connectivity index (χ0n) is 20.9. The molecule has 0 saturated heterocycles. The molecule has 38 heavy (non-hydrogen) atoms. The summed E-state index contributed by atoms with van der Waals surface area (Å²) in [5.74, 6) is -4.17. The summed E-state index contributed by atoms with van der Waals surface area (Å²) in [7, 11) is 0. The summed E-state index contributed by atoms with van der Waals surface area (Å²) in [4.78, 5) is 29.5. The molecule has 200 valence electrons. The minimum Gasteiger partial charge on any atom is -0.507 e. The Balaban J connectivity index is 1.36. The van der Waals surface area contributed by atoms with E-state index in [1.807, 2.05) is 13.8 Å². The van der Waals surface area contributed by atoms with Crippen LogP contribution in [0.5, 0.6) is 17.4 Å². The summed E-state index contributed by atoms with van der Waals surface area (Å²) in [6, 6.07) is 8.41. The molecule has 0 radical (unpaired) electrons. The Morgan fingerprint density at radius 2 is 1.53 bits per heavy atom. The van der Waals surface area contributed by atoms with Gasteiger partial charge in [-0.2, -0.15) is 0 Å². The molecule has 0 aliphatic heterocycles. The number of rotatable bonds is 7. The number of benzene rings is 2. The van der Waals surface area contributed by atoms with E-state index in [9.17, 15) is 27.9 Å². The maximum Gasteiger partial charge on any atom is 0.257 e. The largest absolute Gasteiger partial charge is 0.507 e. The number of ether oxygens (including phenoxy) is 1. The average Bonchev–Trinajstić information content (AvgIpc) is 2.88. The topological polar surface area (TPSA) is 101 Å². The highest BCUT2D eigenvalue weighted by Crippen LogP contribution is 2.27. The standard InChI is InChI=1S/C28H28F3N3O4/c1-15(2)16-3-10-25(35)21(11-16)26(36)33-18-4-6-19(7-5-18)34-27(37)22-12-17(29)14-32-28(22)38-20-8-9-23(30)24(31)13-20/h3,8-15,18-19,35H,4-7H2,1-2H3,(H,33,36)(H,34,37). The number of phenols is 1. The second kappa shape index (κ2) is 11.5. The third-order valence-electron chi connectivity index (χ3n) is 6.50. The minimum absolute atomic E-state index is 0.0852. The van der Waals surface area contributed by atoms with Gasteiger partial charge in [-0.1, -0.05) is 19.9 Å². The number of hydrogen-bond acceptors (Lipinski definition) is 5. The van der Waals surface area contributed by atoms with E-state index >= 15 is 0 Å². The molecule has 0 atom stereocenters. The molecule has 1 aromatic heterocycles. The van der Waals surface area contributed by atoms with Crippen LogP contribution in [0.2, 0.25) is 0 Å². The van der Waals surface area contributed by atoms with E-state index < -0.39 is 23.4 Å². The molecular weight excluding hydrogens is 499 g/mol. The molecule has 1 fully saturated rings. The Morgan fingerprint density at radius 1 is 0.895 bits per heavy atom. The summed E-state index contributed by atoms with van der Waals surface area (Å²) in [5.41, 5.74) is 0.976. The van der Waals surface area contributed by atoms with E-state index in [-0.39, 0.29) is 52.4 Å². The first kappa shape index (κ1) is 27.0. The van der Waals surface area contributed by atoms with Gasteiger partial charge in [0.05, 0.1) is 11.8 Å². The number of nitrogens with zero attached hydrogens (tertiary/aromatic N) is 1. The number of hydrogen-bond donors (Lipinski definition) is 3. The van der Waals surface area contributed by atoms with Crippen LogP contribution in [0.15, 0.2) is 48.7 Å². The Bertz CT molecular complexity index is 1340. The quantitative estimate of drug-likeness (QED) is 0.372. The lowest BCUT2D eigenvalue weighted by molar-refractivity contribution is 0.0888. The summed E-state index contributed by atoms with van der Waals surface area (Å²) in [6.07, 6.45) is 3.13. The third kappa shape index (κ3) is 6.42. The van der Waals surface area contributed by atoms with Gasteiger partial charge in [-0.15, -0.1) is 0 Å². The lowest BCUT2D eigenvalue weighted by Crippen LogP contribution is -2.44. The van der Waals surface area contributed by atoms with Crippen LogP contribution < -0.4 is 15.4 Å². The highest BCUT2D eigenvalue weighted by molar-refractivity contribution is 5.97. The molecule has 10 heteroatoms. The minimum atomic E-state index is -1.14. The number of phenolic OH excluding ortho intramolecular Hbond substituents is 1. The number of carbonyl (C=O) groups is 2. The molecule has 4 rings (SSSR count). The fourth-order valence-corrected chi connectivity index (χ4v) is 4.33. The van der Waals surface area contributed by atoms with Crippen molar-refractivity contribution in [1.82, 2.24) is 15.6 Å². The van der Waals surface area contributed by atoms with Crippen molar-refractivity contribution in [3.8, 4) is 17.4 Å². The van der Waals surface area contributed by atoms with E-state index in [0.29, 0.717) is 25.7 Å². The van der Waals surface area contributed by atoms with Gasteiger partial charge in [-0.05, 0) is 67.5 Å². The summed E-state index contributed by atoms with van der Waals surface area (Å²) < 4.78 is 46.1. The second-order valence-electron chi connectivity index (χ2n) is 9.61. The van der Waals surface area contributed by atoms with Gasteiger partial charge in [0.1, 0.15) is 22.9 Å². The van der Waals surface area contributed by atoms with Crippen molar-refractivity contribution in [3.63, 3.8) is 0 Å². The fraction of sp³-hybridized carbons (Fsp3) is 0.321. The molecule has 3 N–H and O–H groups in total. The predicted octanol–water partition coefficient (Wildman–Crippen LogP) is 5.59. The zero-order valence-corrected chi connectivity index (χ0v) is 20.9. The van der Waals surface area contributed by atoms with Crippen molar-refractivity contribution < 1.29 is 32.6 Å². The molecule has 1 saturated carbocycles. The molecule has 2 amide bonds. The normalized spacial score (nSPS) is 17.2. The molecule has 7 nitrogen and oxygen atoms in total. The van der Waals surface area contributed by atoms with Crippen LogP contribution in [-0.2, 0) is 0 Å². The third-order valence-corrected chi connectivity index (χ3v) is 6.50. The number of pyridine rings is 1. The SMILES string of the molecule is CC(C)c1ccc(O)c(C(=O)NC2CCC(NC(=O)c3cc(F)cnc3Oc3ccc(F)c(F)c3)CC2)c1. The highest BCUT2D eigenvalue weighted by atomic mass is 19.2. The molecule has 1 heterocycles. The van der Waals surface area contributed by atoms with E-state index in [4.69, 9.17) is 4.74 Å². The number of halogens is 3. The van der Waals surface area contributed by atoms with Gasteiger partial charge in [-0.3, -0.25) is 9.59 Å². The van der Waals surface area contributed by atoms with Gasteiger partial charge in [0.25, 0.3) is 11.8 Å². The van der Waals surface area contributed by atoms with Crippen LogP contribution in [0.3, 0.4) is 0 Å². The lowest BCUT2D eigenvalue weighted by atomic mass is 9.90. The molecule has 1 aliphatic carbocycles. The van der Waals surface area contributed by atoms with Gasteiger partial charge in [0.2, 0.25) is 5.88 Å². The highest BCUT2D eigenvalue weighted by Gasteiger charge is 2.26. The number of carbonyl (C=O) groups excluding carboxylic acids is 2. The van der Waals surface area contributed by atoms with Crippen molar-refractivity contribution >= 4 is 11.8 Å². The van der Waals surface area contributed by atoms with Crippen LogP contribution in [0.1, 0.15) is 71.7 Å². The van der Waals surface area contributed by atoms with Crippen LogP contribution in [-0.4, -0.2) is 34.0 Å². The number of aromatic hydroxyl groups is 1. The monoisotopic (exact) mass is 527 g/mol. The van der Waals surface area contributed by atoms with E-state index in [1.165, 1.54) is 12.1 Å².